The minimum Gasteiger partial charge on any atom is -0.474 e. The molecule has 2 aliphatic rings. The van der Waals surface area contributed by atoms with Gasteiger partial charge < -0.3 is 14.4 Å². The lowest BCUT2D eigenvalue weighted by molar-refractivity contribution is -0.115. The summed E-state index contributed by atoms with van der Waals surface area (Å²) in [6, 6.07) is 8.73. The first-order chi connectivity index (χ1) is 17.0. The number of ether oxygens (including phenoxy) is 2. The molecule has 2 aliphatic heterocycles. The molecule has 0 unspecified atom stereocenters. The van der Waals surface area contributed by atoms with Gasteiger partial charge in [0.2, 0.25) is 17.7 Å². The van der Waals surface area contributed by atoms with Gasteiger partial charge in [-0.05, 0) is 35.5 Å². The van der Waals surface area contributed by atoms with Crippen LogP contribution in [0.3, 0.4) is 0 Å². The first kappa shape index (κ1) is 23.1. The second-order valence-corrected chi connectivity index (χ2v) is 9.17. The summed E-state index contributed by atoms with van der Waals surface area (Å²) in [6.45, 7) is 1.52. The van der Waals surface area contributed by atoms with Crippen LogP contribution >= 0.6 is 23.4 Å². The van der Waals surface area contributed by atoms with Crippen molar-refractivity contribution < 1.29 is 19.1 Å². The van der Waals surface area contributed by atoms with E-state index in [-0.39, 0.29) is 11.3 Å². The van der Waals surface area contributed by atoms with Crippen LogP contribution in [0.1, 0.15) is 18.4 Å². The molecule has 0 spiro atoms. The number of carbonyl (C=O) groups excluding carboxylic acids is 2. The molecule has 0 aliphatic carbocycles. The van der Waals surface area contributed by atoms with Crippen LogP contribution in [0.4, 0.5) is 10.7 Å². The Kier molecular flexibility index (Phi) is 6.77. The lowest BCUT2D eigenvalue weighted by Gasteiger charge is -2.31. The van der Waals surface area contributed by atoms with Crippen LogP contribution in [-0.2, 0) is 4.79 Å². The number of benzene rings is 1. The maximum Gasteiger partial charge on any atom is 0.290 e. The molecule has 10 nitrogen and oxygen atoms in total. The third kappa shape index (κ3) is 5.87. The first-order valence-electron chi connectivity index (χ1n) is 10.8. The molecule has 0 bridgehead atoms. The second-order valence-electron chi connectivity index (χ2n) is 7.72. The molecule has 12 heteroatoms. The number of nitrogens with zero attached hydrogens (tertiary/aromatic N) is 5. The number of hydrogen-bond donors (Lipinski definition) is 1. The SMILES string of the molecule is O=C1NC(=O)/C(=C/c2ccc(Oc3cc(OC4CCN(c5ncc(Cl)cn5)CC4)ncn3)cc2)S1. The fourth-order valence-corrected chi connectivity index (χ4v) is 4.36. The van der Waals surface area contributed by atoms with Gasteiger partial charge in [0.1, 0.15) is 18.2 Å². The minimum absolute atomic E-state index is 0.00570. The van der Waals surface area contributed by atoms with Gasteiger partial charge in [-0.25, -0.2) is 19.9 Å². The Labute approximate surface area is 209 Å². The van der Waals surface area contributed by atoms with Crippen molar-refractivity contribution in [2.45, 2.75) is 18.9 Å². The number of aromatic nitrogens is 4. The monoisotopic (exact) mass is 510 g/mol. The Balaban J connectivity index is 1.16. The van der Waals surface area contributed by atoms with Gasteiger partial charge in [0.25, 0.3) is 11.1 Å². The number of rotatable bonds is 6. The smallest absolute Gasteiger partial charge is 0.290 e. The summed E-state index contributed by atoms with van der Waals surface area (Å²) in [7, 11) is 0. The summed E-state index contributed by atoms with van der Waals surface area (Å²) in [5, 5.41) is 2.37. The fourth-order valence-electron chi connectivity index (χ4n) is 3.58. The third-order valence-corrected chi connectivity index (χ3v) is 6.28. The molecule has 35 heavy (non-hydrogen) atoms. The van der Waals surface area contributed by atoms with E-state index in [2.05, 4.69) is 30.2 Å². The fraction of sp³-hybridized carbons (Fsp3) is 0.217. The van der Waals surface area contributed by atoms with Crippen LogP contribution in [0, 0.1) is 0 Å². The molecule has 178 valence electrons. The van der Waals surface area contributed by atoms with Gasteiger partial charge in [0, 0.05) is 25.9 Å². The van der Waals surface area contributed by atoms with Crippen LogP contribution in [0.15, 0.2) is 54.0 Å². The van der Waals surface area contributed by atoms with E-state index >= 15 is 0 Å². The second kappa shape index (κ2) is 10.3. The lowest BCUT2D eigenvalue weighted by Crippen LogP contribution is -2.39. The summed E-state index contributed by atoms with van der Waals surface area (Å²) in [5.74, 6) is 1.62. The molecular formula is C23H19ClN6O4S. The lowest BCUT2D eigenvalue weighted by atomic mass is 10.1. The van der Waals surface area contributed by atoms with Gasteiger partial charge in [0.05, 0.1) is 28.4 Å². The Morgan fingerprint density at radius 1 is 1.03 bits per heavy atom. The zero-order valence-corrected chi connectivity index (χ0v) is 19.8. The predicted octanol–water partition coefficient (Wildman–Crippen LogP) is 4.08. The van der Waals surface area contributed by atoms with Gasteiger partial charge in [-0.3, -0.25) is 14.9 Å². The average Bonchev–Trinajstić information content (AvgIpc) is 3.18. The van der Waals surface area contributed by atoms with Crippen molar-refractivity contribution in [2.24, 2.45) is 0 Å². The number of hydrogen-bond acceptors (Lipinski definition) is 10. The molecule has 0 radical (unpaired) electrons. The standard InChI is InChI=1S/C23H19ClN6O4S/c24-15-11-25-22(26-12-15)30-7-5-17(6-8-30)34-20-10-19(27-13-28-20)33-16-3-1-14(2-4-16)9-18-21(31)29-23(32)35-18/h1-4,9-13,17H,5-8H2,(H,29,31,32)/b18-9-. The molecule has 5 rings (SSSR count). The van der Waals surface area contributed by atoms with Crippen LogP contribution in [-0.4, -0.2) is 50.3 Å². The molecule has 2 amide bonds. The summed E-state index contributed by atoms with van der Waals surface area (Å²) < 4.78 is 11.9. The number of nitrogens with one attached hydrogen (secondary N) is 1. The number of thioether (sulfide) groups is 1. The number of piperidine rings is 1. The number of anilines is 1. The third-order valence-electron chi connectivity index (χ3n) is 5.28. The van der Waals surface area contributed by atoms with Crippen molar-refractivity contribution in [3.8, 4) is 17.5 Å². The summed E-state index contributed by atoms with van der Waals surface area (Å²) in [5.41, 5.74) is 0.770. The first-order valence-corrected chi connectivity index (χ1v) is 12.0. The van der Waals surface area contributed by atoms with Crippen molar-refractivity contribution in [1.29, 1.82) is 0 Å². The Hall–Kier alpha value is -3.70. The van der Waals surface area contributed by atoms with E-state index in [1.54, 1.807) is 48.8 Å². The predicted molar refractivity (Wildman–Crippen MR) is 131 cm³/mol. The molecule has 2 saturated heterocycles. The molecule has 1 N–H and O–H groups in total. The van der Waals surface area contributed by atoms with Crippen LogP contribution < -0.4 is 19.7 Å². The van der Waals surface area contributed by atoms with E-state index in [9.17, 15) is 9.59 Å². The molecule has 3 aromatic rings. The van der Waals surface area contributed by atoms with Crippen LogP contribution in [0.2, 0.25) is 5.02 Å². The highest BCUT2D eigenvalue weighted by atomic mass is 35.5. The van der Waals surface area contributed by atoms with Crippen molar-refractivity contribution in [1.82, 2.24) is 25.3 Å². The summed E-state index contributed by atoms with van der Waals surface area (Å²) in [4.78, 5) is 42.3. The number of halogens is 1. The highest BCUT2D eigenvalue weighted by Gasteiger charge is 2.25. The minimum atomic E-state index is -0.391. The van der Waals surface area contributed by atoms with E-state index in [0.717, 1.165) is 43.3 Å². The van der Waals surface area contributed by atoms with E-state index < -0.39 is 5.91 Å². The number of imide groups is 1. The quantitative estimate of drug-likeness (QED) is 0.485. The van der Waals surface area contributed by atoms with Gasteiger partial charge in [-0.2, -0.15) is 0 Å². The van der Waals surface area contributed by atoms with Crippen LogP contribution in [0.5, 0.6) is 17.5 Å². The van der Waals surface area contributed by atoms with Crippen molar-refractivity contribution in [3.05, 3.63) is 64.5 Å². The topological polar surface area (TPSA) is 119 Å². The van der Waals surface area contributed by atoms with Crippen molar-refractivity contribution in [3.63, 3.8) is 0 Å². The highest BCUT2D eigenvalue weighted by Crippen LogP contribution is 2.28. The molecule has 2 fully saturated rings. The van der Waals surface area contributed by atoms with E-state index in [1.807, 2.05) is 0 Å². The van der Waals surface area contributed by atoms with Gasteiger partial charge in [-0.15, -0.1) is 0 Å². The van der Waals surface area contributed by atoms with E-state index in [4.69, 9.17) is 21.1 Å². The Morgan fingerprint density at radius 3 is 2.43 bits per heavy atom. The Bertz CT molecular complexity index is 1260. The van der Waals surface area contributed by atoms with Gasteiger partial charge in [-0.1, -0.05) is 23.7 Å². The zero-order valence-electron chi connectivity index (χ0n) is 18.3. The van der Waals surface area contributed by atoms with Gasteiger partial charge >= 0.3 is 0 Å². The van der Waals surface area contributed by atoms with Gasteiger partial charge in [0.15, 0.2) is 0 Å². The van der Waals surface area contributed by atoms with E-state index in [1.165, 1.54) is 6.33 Å². The molecule has 0 atom stereocenters. The van der Waals surface area contributed by atoms with Crippen LogP contribution in [0.25, 0.3) is 6.08 Å². The molecule has 0 saturated carbocycles. The molecule has 2 aromatic heterocycles. The Morgan fingerprint density at radius 2 is 1.74 bits per heavy atom. The molecule has 1 aromatic carbocycles. The highest BCUT2D eigenvalue weighted by molar-refractivity contribution is 8.18. The van der Waals surface area contributed by atoms with Crippen molar-refractivity contribution in [2.75, 3.05) is 18.0 Å². The maximum absolute atomic E-state index is 11.7. The summed E-state index contributed by atoms with van der Waals surface area (Å²) >= 11 is 6.74. The molecular weight excluding hydrogens is 492 g/mol. The molecule has 4 heterocycles. The number of amides is 2. The van der Waals surface area contributed by atoms with E-state index in [0.29, 0.717) is 33.4 Å². The largest absolute Gasteiger partial charge is 0.474 e. The van der Waals surface area contributed by atoms with Crippen molar-refractivity contribution >= 4 is 46.5 Å². The normalized spacial score (nSPS) is 17.5. The average molecular weight is 511 g/mol. The number of carbonyl (C=O) groups is 2. The maximum atomic E-state index is 11.7. The summed E-state index contributed by atoms with van der Waals surface area (Å²) in [6.07, 6.45) is 7.83. The zero-order chi connectivity index (χ0) is 24.2.